The van der Waals surface area contributed by atoms with Crippen LogP contribution in [0.25, 0.3) is 10.2 Å². The molecule has 0 radical (unpaired) electrons. The molecule has 1 aliphatic carbocycles. The molecule has 1 atom stereocenters. The van der Waals surface area contributed by atoms with Crippen molar-refractivity contribution in [2.24, 2.45) is 11.3 Å². The van der Waals surface area contributed by atoms with Gasteiger partial charge in [-0.05, 0) is 55.6 Å². The fourth-order valence-corrected chi connectivity index (χ4v) is 7.54. The lowest BCUT2D eigenvalue weighted by atomic mass is 9.72. The van der Waals surface area contributed by atoms with Crippen molar-refractivity contribution in [3.63, 3.8) is 0 Å². The van der Waals surface area contributed by atoms with E-state index < -0.39 is 0 Å². The average Bonchev–Trinajstić information content (AvgIpc) is 3.27. The van der Waals surface area contributed by atoms with Gasteiger partial charge in [-0.25, -0.2) is 14.8 Å². The van der Waals surface area contributed by atoms with Crippen LogP contribution in [-0.4, -0.2) is 34.7 Å². The number of ether oxygens (including phenoxy) is 1. The number of rotatable bonds is 5. The molecular formula is C24H29N3O3S3. The minimum Gasteiger partial charge on any atom is -0.465 e. The maximum absolute atomic E-state index is 12.9. The molecule has 0 aromatic carbocycles. The number of nitrogens with zero attached hydrogens (tertiary/aromatic N) is 2. The van der Waals surface area contributed by atoms with Gasteiger partial charge in [-0.3, -0.25) is 4.79 Å². The van der Waals surface area contributed by atoms with Crippen LogP contribution in [0.15, 0.2) is 11.4 Å². The Labute approximate surface area is 206 Å². The summed E-state index contributed by atoms with van der Waals surface area (Å²) >= 11 is 4.55. The van der Waals surface area contributed by atoms with Crippen LogP contribution in [0.2, 0.25) is 0 Å². The lowest BCUT2D eigenvalue weighted by molar-refractivity contribution is -0.113. The topological polar surface area (TPSA) is 81.2 Å². The highest BCUT2D eigenvalue weighted by Gasteiger charge is 2.34. The smallest absolute Gasteiger partial charge is 0.341 e. The number of carbonyl (C=O) groups excluding carboxylic acids is 2. The maximum atomic E-state index is 12.9. The van der Waals surface area contributed by atoms with Crippen molar-refractivity contribution in [3.05, 3.63) is 32.8 Å². The van der Waals surface area contributed by atoms with E-state index in [0.29, 0.717) is 16.5 Å². The van der Waals surface area contributed by atoms with Gasteiger partial charge in [0.1, 0.15) is 21.2 Å². The number of carbonyl (C=O) groups is 2. The molecule has 176 valence electrons. The number of hydrogen-bond donors (Lipinski definition) is 1. The highest BCUT2D eigenvalue weighted by atomic mass is 32.2. The van der Waals surface area contributed by atoms with E-state index in [1.165, 1.54) is 40.0 Å². The van der Waals surface area contributed by atoms with Crippen molar-refractivity contribution >= 4 is 61.5 Å². The van der Waals surface area contributed by atoms with Crippen LogP contribution in [0.3, 0.4) is 0 Å². The van der Waals surface area contributed by atoms with E-state index in [2.05, 4.69) is 49.9 Å². The zero-order chi connectivity index (χ0) is 23.9. The van der Waals surface area contributed by atoms with E-state index in [9.17, 15) is 9.59 Å². The van der Waals surface area contributed by atoms with Gasteiger partial charge in [0.05, 0.1) is 18.4 Å². The van der Waals surface area contributed by atoms with Crippen molar-refractivity contribution in [3.8, 4) is 0 Å². The number of aromatic nitrogens is 2. The first-order chi connectivity index (χ1) is 15.6. The third-order valence-electron chi connectivity index (χ3n) is 6.40. The van der Waals surface area contributed by atoms with Gasteiger partial charge in [0.2, 0.25) is 5.91 Å². The summed E-state index contributed by atoms with van der Waals surface area (Å²) in [7, 11) is 1.39. The lowest BCUT2D eigenvalue weighted by Crippen LogP contribution is -2.26. The van der Waals surface area contributed by atoms with E-state index in [1.807, 2.05) is 0 Å². The number of esters is 1. The van der Waals surface area contributed by atoms with Crippen LogP contribution in [0.1, 0.15) is 58.4 Å². The van der Waals surface area contributed by atoms with Gasteiger partial charge in [-0.1, -0.05) is 32.5 Å². The molecule has 33 heavy (non-hydrogen) atoms. The van der Waals surface area contributed by atoms with Crippen LogP contribution >= 0.6 is 34.4 Å². The number of aryl methyl sites for hydroxylation is 2. The number of thiophene rings is 2. The third kappa shape index (κ3) is 4.81. The predicted molar refractivity (Wildman–Crippen MR) is 137 cm³/mol. The zero-order valence-electron chi connectivity index (χ0n) is 19.8. The Morgan fingerprint density at radius 1 is 1.24 bits per heavy atom. The molecule has 0 unspecified atom stereocenters. The van der Waals surface area contributed by atoms with E-state index in [4.69, 9.17) is 4.74 Å². The van der Waals surface area contributed by atoms with E-state index in [-0.39, 0.29) is 23.0 Å². The monoisotopic (exact) mass is 503 g/mol. The molecule has 0 saturated carbocycles. The molecule has 9 heteroatoms. The van der Waals surface area contributed by atoms with Crippen molar-refractivity contribution in [1.29, 1.82) is 0 Å². The normalized spacial score (nSPS) is 16.0. The molecular weight excluding hydrogens is 474 g/mol. The number of nitrogens with one attached hydrogen (secondary N) is 1. The van der Waals surface area contributed by atoms with Crippen LogP contribution in [0.5, 0.6) is 0 Å². The fraction of sp³-hybridized carbons (Fsp3) is 0.500. The largest absolute Gasteiger partial charge is 0.465 e. The molecule has 3 aromatic rings. The first-order valence-corrected chi connectivity index (χ1v) is 13.6. The summed E-state index contributed by atoms with van der Waals surface area (Å²) in [5.41, 5.74) is 2.92. The van der Waals surface area contributed by atoms with Gasteiger partial charge in [0.25, 0.3) is 0 Å². The molecule has 1 N–H and O–H groups in total. The molecule has 0 bridgehead atoms. The first kappa shape index (κ1) is 24.2. The number of hydrogen-bond acceptors (Lipinski definition) is 8. The number of fused-ring (bicyclic) bond motifs is 2. The zero-order valence-corrected chi connectivity index (χ0v) is 22.3. The first-order valence-electron chi connectivity index (χ1n) is 11.0. The summed E-state index contributed by atoms with van der Waals surface area (Å²) in [6, 6.07) is 0. The van der Waals surface area contributed by atoms with Gasteiger partial charge < -0.3 is 10.1 Å². The number of amides is 1. The summed E-state index contributed by atoms with van der Waals surface area (Å²) < 4.78 is 5.07. The highest BCUT2D eigenvalue weighted by molar-refractivity contribution is 8.00. The van der Waals surface area contributed by atoms with Gasteiger partial charge >= 0.3 is 5.97 Å². The van der Waals surface area contributed by atoms with Gasteiger partial charge in [0.15, 0.2) is 0 Å². The summed E-state index contributed by atoms with van der Waals surface area (Å²) in [4.78, 5) is 37.6. The summed E-state index contributed by atoms with van der Waals surface area (Å²) in [5.74, 6) is 0.207. The Morgan fingerprint density at radius 3 is 2.70 bits per heavy atom. The molecule has 1 aliphatic rings. The fourth-order valence-electron chi connectivity index (χ4n) is 4.29. The molecule has 1 amide bonds. The summed E-state index contributed by atoms with van der Waals surface area (Å²) in [6.45, 7) is 10.9. The molecule has 0 aliphatic heterocycles. The van der Waals surface area contributed by atoms with Crippen molar-refractivity contribution in [2.45, 2.75) is 58.9 Å². The van der Waals surface area contributed by atoms with Crippen LogP contribution in [-0.2, 0) is 22.4 Å². The molecule has 0 spiro atoms. The minimum absolute atomic E-state index is 0.160. The van der Waals surface area contributed by atoms with Gasteiger partial charge in [-0.2, -0.15) is 0 Å². The van der Waals surface area contributed by atoms with Crippen LogP contribution < -0.4 is 5.32 Å². The SMILES string of the molecule is COC(=O)c1c(NC(=O)CSc2ncnc3sc(C)c(C)c23)sc2c1CC[C@H](C(C)(C)C)C2. The van der Waals surface area contributed by atoms with Gasteiger partial charge in [-0.15, -0.1) is 22.7 Å². The van der Waals surface area contributed by atoms with E-state index in [1.54, 1.807) is 17.7 Å². The quantitative estimate of drug-likeness (QED) is 0.260. The number of anilines is 1. The predicted octanol–water partition coefficient (Wildman–Crippen LogP) is 6.04. The van der Waals surface area contributed by atoms with Crippen LogP contribution in [0.4, 0.5) is 5.00 Å². The average molecular weight is 504 g/mol. The second kappa shape index (κ2) is 9.35. The van der Waals surface area contributed by atoms with E-state index in [0.717, 1.165) is 45.6 Å². The minimum atomic E-state index is -0.383. The standard InChI is InChI=1S/C24H29N3O3S3/c1-12-13(2)32-21-18(12)20(25-11-26-21)31-10-17(28)27-22-19(23(29)30-6)15-8-7-14(24(3,4)5)9-16(15)33-22/h11,14H,7-10H2,1-6H3,(H,27,28)/t14-/m0/s1. The Hall–Kier alpha value is -1.97. The molecule has 6 nitrogen and oxygen atoms in total. The van der Waals surface area contributed by atoms with Crippen LogP contribution in [0, 0.1) is 25.2 Å². The molecule has 0 saturated heterocycles. The molecule has 0 fully saturated rings. The maximum Gasteiger partial charge on any atom is 0.341 e. The Balaban J connectivity index is 1.54. The molecule has 3 aromatic heterocycles. The van der Waals surface area contributed by atoms with Crippen molar-refractivity contribution < 1.29 is 14.3 Å². The van der Waals surface area contributed by atoms with Crippen molar-refractivity contribution in [2.75, 3.05) is 18.2 Å². The second-order valence-electron chi connectivity index (χ2n) is 9.48. The number of thioether (sulfide) groups is 1. The third-order valence-corrected chi connectivity index (χ3v) is 9.68. The lowest BCUT2D eigenvalue weighted by Gasteiger charge is -2.33. The highest BCUT2D eigenvalue weighted by Crippen LogP contribution is 2.44. The van der Waals surface area contributed by atoms with Crippen molar-refractivity contribution in [1.82, 2.24) is 9.97 Å². The number of methoxy groups -OCH3 is 1. The Bertz CT molecular complexity index is 1220. The Kier molecular flexibility index (Phi) is 6.85. The van der Waals surface area contributed by atoms with E-state index >= 15 is 0 Å². The van der Waals surface area contributed by atoms with Gasteiger partial charge in [0, 0.05) is 15.1 Å². The Morgan fingerprint density at radius 2 is 2.00 bits per heavy atom. The molecule has 4 rings (SSSR count). The summed E-state index contributed by atoms with van der Waals surface area (Å²) in [5, 5.41) is 5.42. The second-order valence-corrected chi connectivity index (χ2v) is 12.8. The molecule has 3 heterocycles. The summed E-state index contributed by atoms with van der Waals surface area (Å²) in [6.07, 6.45) is 4.34.